The fraction of sp³-hybridized carbons (Fsp3) is 0.593. The van der Waals surface area contributed by atoms with Gasteiger partial charge in [0.25, 0.3) is 0 Å². The van der Waals surface area contributed by atoms with Gasteiger partial charge in [-0.05, 0) is 69.8 Å². The zero-order valence-corrected chi connectivity index (χ0v) is 21.8. The first-order valence-electron chi connectivity index (χ1n) is 12.5. The molecule has 0 radical (unpaired) electrons. The van der Waals surface area contributed by atoms with E-state index in [1.54, 1.807) is 7.11 Å². The normalized spacial score (nSPS) is 12.8. The van der Waals surface area contributed by atoms with Crippen molar-refractivity contribution in [2.75, 3.05) is 26.7 Å². The van der Waals surface area contributed by atoms with Gasteiger partial charge in [0.1, 0.15) is 5.52 Å². The molecule has 0 spiro atoms. The molecule has 0 amide bonds. The topological polar surface area (TPSA) is 56.1 Å². The molecule has 0 fully saturated rings. The lowest BCUT2D eigenvalue weighted by atomic mass is 10.1. The number of nitrogens with zero attached hydrogens (tertiary/aromatic N) is 5. The Hall–Kier alpha value is -2.47. The number of fused-ring (bicyclic) bond motifs is 1. The second-order valence-electron chi connectivity index (χ2n) is 9.36. The van der Waals surface area contributed by atoms with Crippen molar-refractivity contribution in [3.63, 3.8) is 0 Å². The first-order valence-corrected chi connectivity index (χ1v) is 12.5. The first kappa shape index (κ1) is 25.2. The molecule has 0 aliphatic heterocycles. The molecular weight excluding hydrogens is 410 g/mol. The van der Waals surface area contributed by atoms with Crippen molar-refractivity contribution in [2.45, 2.75) is 79.7 Å². The molecule has 0 N–H and O–H groups in total. The highest BCUT2D eigenvalue weighted by molar-refractivity contribution is 5.81. The van der Waals surface area contributed by atoms with E-state index in [0.29, 0.717) is 17.8 Å². The van der Waals surface area contributed by atoms with E-state index >= 15 is 0 Å². The smallest absolute Gasteiger partial charge is 0.222 e. The molecule has 3 aromatic heterocycles. The minimum absolute atomic E-state index is 0.338. The third-order valence-corrected chi connectivity index (χ3v) is 6.34. The van der Waals surface area contributed by atoms with E-state index < -0.39 is 0 Å². The van der Waals surface area contributed by atoms with Gasteiger partial charge >= 0.3 is 0 Å². The Kier molecular flexibility index (Phi) is 8.46. The number of aromatic nitrogens is 4. The summed E-state index contributed by atoms with van der Waals surface area (Å²) < 4.78 is 8.00. The van der Waals surface area contributed by atoms with Crippen LogP contribution in [0.4, 0.5) is 0 Å². The van der Waals surface area contributed by atoms with E-state index in [0.717, 1.165) is 65.4 Å². The molecule has 0 aliphatic rings. The van der Waals surface area contributed by atoms with Crippen molar-refractivity contribution >= 4 is 11.2 Å². The van der Waals surface area contributed by atoms with E-state index in [1.807, 2.05) is 6.92 Å². The molecule has 0 bridgehead atoms. The number of hydrogen-bond donors (Lipinski definition) is 0. The maximum atomic E-state index is 5.65. The van der Waals surface area contributed by atoms with Crippen LogP contribution in [-0.2, 0) is 0 Å². The molecule has 3 aromatic rings. The van der Waals surface area contributed by atoms with E-state index in [4.69, 9.17) is 19.7 Å². The number of pyridine rings is 1. The van der Waals surface area contributed by atoms with Gasteiger partial charge in [-0.15, -0.1) is 0 Å². The third-order valence-electron chi connectivity index (χ3n) is 6.34. The van der Waals surface area contributed by atoms with Gasteiger partial charge < -0.3 is 14.2 Å². The molecule has 0 aromatic carbocycles. The molecule has 33 heavy (non-hydrogen) atoms. The van der Waals surface area contributed by atoms with Crippen LogP contribution in [0.2, 0.25) is 0 Å². The minimum atomic E-state index is 0.338. The van der Waals surface area contributed by atoms with Crippen molar-refractivity contribution in [1.82, 2.24) is 24.4 Å². The molecule has 0 aliphatic carbocycles. The molecule has 180 valence electrons. The van der Waals surface area contributed by atoms with Crippen LogP contribution in [0.25, 0.3) is 22.4 Å². The Morgan fingerprint density at radius 3 is 2.27 bits per heavy atom. The predicted molar refractivity (Wildman–Crippen MR) is 137 cm³/mol. The monoisotopic (exact) mass is 451 g/mol. The van der Waals surface area contributed by atoms with E-state index in [9.17, 15) is 0 Å². The van der Waals surface area contributed by atoms with Gasteiger partial charge in [-0.1, -0.05) is 34.6 Å². The lowest BCUT2D eigenvalue weighted by Crippen LogP contribution is -2.32. The molecule has 0 saturated carbocycles. The largest absolute Gasteiger partial charge is 0.480 e. The number of methoxy groups -OCH3 is 1. The summed E-state index contributed by atoms with van der Waals surface area (Å²) >= 11 is 0. The standard InChI is InChI=1S/C27H41N5O/c1-9-14-31(15-10-2)17-21(11-3)32-16-19(6)24-26(32)28-20(7)25(30-24)22-12-13-23(18(4)5)29-27(22)33-8/h12-13,16,18,21H,9-11,14-15,17H2,1-8H3. The summed E-state index contributed by atoms with van der Waals surface area (Å²) in [7, 11) is 1.67. The Bertz CT molecular complexity index is 1070. The van der Waals surface area contributed by atoms with Crippen LogP contribution in [0, 0.1) is 13.8 Å². The van der Waals surface area contributed by atoms with Gasteiger partial charge in [-0.3, -0.25) is 0 Å². The van der Waals surface area contributed by atoms with Crippen LogP contribution >= 0.6 is 0 Å². The van der Waals surface area contributed by atoms with Crippen LogP contribution < -0.4 is 4.74 Å². The molecule has 1 atom stereocenters. The summed E-state index contributed by atoms with van der Waals surface area (Å²) in [6.45, 7) is 18.5. The fourth-order valence-corrected chi connectivity index (χ4v) is 4.57. The summed E-state index contributed by atoms with van der Waals surface area (Å²) in [6, 6.07) is 4.51. The van der Waals surface area contributed by atoms with Crippen molar-refractivity contribution in [1.29, 1.82) is 0 Å². The zero-order chi connectivity index (χ0) is 24.1. The molecule has 6 nitrogen and oxygen atoms in total. The van der Waals surface area contributed by atoms with Gasteiger partial charge in [0.2, 0.25) is 5.88 Å². The Balaban J connectivity index is 2.06. The summed E-state index contributed by atoms with van der Waals surface area (Å²) in [5.74, 6) is 0.945. The maximum Gasteiger partial charge on any atom is 0.222 e. The molecular formula is C27H41N5O. The second kappa shape index (κ2) is 11.1. The van der Waals surface area contributed by atoms with E-state index in [-0.39, 0.29) is 0 Å². The average Bonchev–Trinajstić information content (AvgIpc) is 3.11. The highest BCUT2D eigenvalue weighted by Crippen LogP contribution is 2.33. The zero-order valence-electron chi connectivity index (χ0n) is 21.8. The Morgan fingerprint density at radius 1 is 1.00 bits per heavy atom. The van der Waals surface area contributed by atoms with Crippen LogP contribution in [0.5, 0.6) is 5.88 Å². The number of hydrogen-bond acceptors (Lipinski definition) is 5. The number of rotatable bonds is 11. The van der Waals surface area contributed by atoms with Crippen LogP contribution in [0.3, 0.4) is 0 Å². The molecule has 6 heteroatoms. The van der Waals surface area contributed by atoms with Gasteiger partial charge in [0, 0.05) is 24.5 Å². The van der Waals surface area contributed by atoms with Gasteiger partial charge in [0.15, 0.2) is 5.65 Å². The van der Waals surface area contributed by atoms with Crippen LogP contribution in [-0.4, -0.2) is 51.2 Å². The van der Waals surface area contributed by atoms with Gasteiger partial charge in [0.05, 0.1) is 24.1 Å². The fourth-order valence-electron chi connectivity index (χ4n) is 4.57. The molecule has 0 saturated heterocycles. The molecule has 1 unspecified atom stereocenters. The average molecular weight is 452 g/mol. The second-order valence-corrected chi connectivity index (χ2v) is 9.36. The summed E-state index contributed by atoms with van der Waals surface area (Å²) in [5, 5.41) is 0. The van der Waals surface area contributed by atoms with Crippen LogP contribution in [0.15, 0.2) is 18.3 Å². The minimum Gasteiger partial charge on any atom is -0.480 e. The van der Waals surface area contributed by atoms with Crippen molar-refractivity contribution < 1.29 is 4.74 Å². The molecule has 3 heterocycles. The van der Waals surface area contributed by atoms with E-state index in [2.05, 4.69) is 69.3 Å². The van der Waals surface area contributed by atoms with Gasteiger partial charge in [-0.25, -0.2) is 15.0 Å². The highest BCUT2D eigenvalue weighted by Gasteiger charge is 2.21. The lowest BCUT2D eigenvalue weighted by Gasteiger charge is -2.27. The molecule has 3 rings (SSSR count). The van der Waals surface area contributed by atoms with Gasteiger partial charge in [-0.2, -0.15) is 0 Å². The van der Waals surface area contributed by atoms with Crippen LogP contribution in [0.1, 0.15) is 82.8 Å². The first-order chi connectivity index (χ1) is 15.8. The SMILES string of the molecule is CCCN(CCC)CC(CC)n1cc(C)c2nc(-c3ccc(C(C)C)nc3OC)c(C)nc21. The Morgan fingerprint density at radius 2 is 1.70 bits per heavy atom. The van der Waals surface area contributed by atoms with Crippen molar-refractivity contribution in [3.8, 4) is 17.1 Å². The number of ether oxygens (including phenoxy) is 1. The highest BCUT2D eigenvalue weighted by atomic mass is 16.5. The predicted octanol–water partition coefficient (Wildman–Crippen LogP) is 6.32. The summed E-state index contributed by atoms with van der Waals surface area (Å²) in [6.07, 6.45) is 5.64. The summed E-state index contributed by atoms with van der Waals surface area (Å²) in [4.78, 5) is 17.5. The summed E-state index contributed by atoms with van der Waals surface area (Å²) in [5.41, 5.74) is 6.73. The maximum absolute atomic E-state index is 5.65. The Labute approximate surface area is 199 Å². The van der Waals surface area contributed by atoms with Crippen molar-refractivity contribution in [3.05, 3.63) is 35.3 Å². The number of aryl methyl sites for hydroxylation is 2. The lowest BCUT2D eigenvalue weighted by molar-refractivity contribution is 0.230. The van der Waals surface area contributed by atoms with E-state index in [1.165, 1.54) is 12.8 Å². The van der Waals surface area contributed by atoms with Crippen molar-refractivity contribution in [2.24, 2.45) is 0 Å². The third kappa shape index (κ3) is 5.37. The quantitative estimate of drug-likeness (QED) is 0.342.